The average Bonchev–Trinajstić information content (AvgIpc) is 2.72. The fourth-order valence-corrected chi connectivity index (χ4v) is 4.70. The van der Waals surface area contributed by atoms with Gasteiger partial charge in [-0.05, 0) is 42.4 Å². The quantitative estimate of drug-likeness (QED) is 0.381. The first-order valence-corrected chi connectivity index (χ1v) is 10.8. The molecule has 0 saturated heterocycles. The predicted molar refractivity (Wildman–Crippen MR) is 110 cm³/mol. The van der Waals surface area contributed by atoms with Gasteiger partial charge in [0.25, 0.3) is 0 Å². The molecule has 0 bridgehead atoms. The minimum absolute atomic E-state index is 0.127. The number of fused-ring (bicyclic) bond motifs is 2. The van der Waals surface area contributed by atoms with Crippen molar-refractivity contribution in [1.29, 1.82) is 0 Å². The lowest BCUT2D eigenvalue weighted by Crippen LogP contribution is -2.12. The van der Waals surface area contributed by atoms with Gasteiger partial charge in [-0.2, -0.15) is 4.39 Å². The van der Waals surface area contributed by atoms with Crippen molar-refractivity contribution < 1.29 is 22.3 Å². The molecule has 2 aliphatic rings. The summed E-state index contributed by atoms with van der Waals surface area (Å²) in [5.41, 5.74) is 1.88. The molecule has 0 fully saturated rings. The normalized spacial score (nSPS) is 18.1. The maximum Gasteiger partial charge on any atom is 0.201 e. The van der Waals surface area contributed by atoms with E-state index in [0.717, 1.165) is 19.3 Å². The van der Waals surface area contributed by atoms with Gasteiger partial charge < -0.3 is 4.74 Å². The van der Waals surface area contributed by atoms with E-state index >= 15 is 4.39 Å². The number of rotatable bonds is 5. The summed E-state index contributed by atoms with van der Waals surface area (Å²) in [7, 11) is 0. The monoisotopic (exact) mass is 418 g/mol. The molecular formula is C25H26F4O. The Morgan fingerprint density at radius 2 is 1.70 bits per heavy atom. The molecule has 0 N–H and O–H groups in total. The van der Waals surface area contributed by atoms with Crippen molar-refractivity contribution in [2.45, 2.75) is 65.2 Å². The van der Waals surface area contributed by atoms with Gasteiger partial charge in [-0.15, -0.1) is 0 Å². The second-order valence-electron chi connectivity index (χ2n) is 8.38. The number of halogens is 4. The van der Waals surface area contributed by atoms with Crippen molar-refractivity contribution >= 4 is 5.57 Å². The second-order valence-corrected chi connectivity index (χ2v) is 8.38. The van der Waals surface area contributed by atoms with E-state index in [2.05, 4.69) is 6.92 Å². The Hall–Kier alpha value is -2.30. The van der Waals surface area contributed by atoms with E-state index in [9.17, 15) is 13.2 Å². The van der Waals surface area contributed by atoms with Crippen LogP contribution in [0.15, 0.2) is 24.0 Å². The van der Waals surface area contributed by atoms with Crippen LogP contribution in [0, 0.1) is 23.4 Å². The van der Waals surface area contributed by atoms with Crippen LogP contribution in [-0.4, -0.2) is 0 Å². The van der Waals surface area contributed by atoms with Crippen LogP contribution >= 0.6 is 0 Å². The largest absolute Gasteiger partial charge is 0.450 e. The summed E-state index contributed by atoms with van der Waals surface area (Å²) in [5.74, 6) is -3.12. The number of hydrogen-bond acceptors (Lipinski definition) is 1. The third-order valence-electron chi connectivity index (χ3n) is 6.22. The van der Waals surface area contributed by atoms with Crippen LogP contribution in [0.25, 0.3) is 5.57 Å². The molecule has 1 heterocycles. The Labute approximate surface area is 174 Å². The maximum absolute atomic E-state index is 15.3. The summed E-state index contributed by atoms with van der Waals surface area (Å²) in [6.07, 6.45) is 4.91. The molecule has 0 spiro atoms. The minimum Gasteiger partial charge on any atom is -0.450 e. The molecule has 1 aliphatic heterocycles. The number of allylic oxidation sites excluding steroid dienone is 2. The first kappa shape index (κ1) is 21.0. The zero-order valence-electron chi connectivity index (χ0n) is 17.4. The van der Waals surface area contributed by atoms with Crippen LogP contribution in [0.4, 0.5) is 17.6 Å². The number of benzene rings is 2. The SMILES string of the molecule is CCCc1cc2c(c(F)c1F)Oc1c(ccc(C3=C(F)CC(CCC)CC3)c1F)C2. The fraction of sp³-hybridized carbons (Fsp3) is 0.440. The standard InChI is InChI=1S/C25H26F4O/c1-3-5-14-7-9-18(20(26)11-14)19-10-8-16-13-17-12-15(6-4-2)21(27)23(29)25(17)30-24(16)22(19)28/h8,10,12,14H,3-7,9,11,13H2,1-2H3. The summed E-state index contributed by atoms with van der Waals surface area (Å²) in [6, 6.07) is 4.89. The molecule has 2 aromatic carbocycles. The summed E-state index contributed by atoms with van der Waals surface area (Å²) < 4.78 is 64.6. The van der Waals surface area contributed by atoms with E-state index in [1.807, 2.05) is 6.92 Å². The van der Waals surface area contributed by atoms with Crippen molar-refractivity contribution in [2.24, 2.45) is 5.92 Å². The highest BCUT2D eigenvalue weighted by molar-refractivity contribution is 5.71. The molecule has 4 rings (SSSR count). The molecule has 160 valence electrons. The van der Waals surface area contributed by atoms with E-state index in [1.165, 1.54) is 0 Å². The molecular weight excluding hydrogens is 392 g/mol. The van der Waals surface area contributed by atoms with E-state index in [1.54, 1.807) is 18.2 Å². The molecule has 1 atom stereocenters. The highest BCUT2D eigenvalue weighted by Crippen LogP contribution is 2.45. The molecule has 1 aliphatic carbocycles. The minimum atomic E-state index is -1.09. The van der Waals surface area contributed by atoms with Crippen LogP contribution in [0.1, 0.15) is 74.6 Å². The Balaban J connectivity index is 1.70. The van der Waals surface area contributed by atoms with Gasteiger partial charge in [0.15, 0.2) is 23.1 Å². The molecule has 1 unspecified atom stereocenters. The van der Waals surface area contributed by atoms with Gasteiger partial charge in [0.2, 0.25) is 5.82 Å². The van der Waals surface area contributed by atoms with E-state index in [-0.39, 0.29) is 35.2 Å². The summed E-state index contributed by atoms with van der Waals surface area (Å²) in [5, 5.41) is 0. The highest BCUT2D eigenvalue weighted by Gasteiger charge is 2.30. The van der Waals surface area contributed by atoms with Gasteiger partial charge in [-0.1, -0.05) is 45.2 Å². The predicted octanol–water partition coefficient (Wildman–Crippen LogP) is 8.03. The summed E-state index contributed by atoms with van der Waals surface area (Å²) in [4.78, 5) is 0. The van der Waals surface area contributed by atoms with Gasteiger partial charge in [-0.25, -0.2) is 13.2 Å². The molecule has 0 amide bonds. The van der Waals surface area contributed by atoms with Gasteiger partial charge >= 0.3 is 0 Å². The van der Waals surface area contributed by atoms with E-state index in [0.29, 0.717) is 47.9 Å². The lowest BCUT2D eigenvalue weighted by atomic mass is 9.83. The van der Waals surface area contributed by atoms with E-state index < -0.39 is 17.5 Å². The second kappa shape index (κ2) is 8.44. The Morgan fingerprint density at radius 1 is 0.933 bits per heavy atom. The van der Waals surface area contributed by atoms with Gasteiger partial charge in [0.05, 0.1) is 0 Å². The van der Waals surface area contributed by atoms with E-state index in [4.69, 9.17) is 4.74 Å². The van der Waals surface area contributed by atoms with Gasteiger partial charge in [0.1, 0.15) is 5.83 Å². The van der Waals surface area contributed by atoms with Crippen LogP contribution in [-0.2, 0) is 12.8 Å². The lowest BCUT2D eigenvalue weighted by molar-refractivity contribution is 0.376. The zero-order chi connectivity index (χ0) is 21.4. The van der Waals surface area contributed by atoms with Crippen molar-refractivity contribution in [3.63, 3.8) is 0 Å². The van der Waals surface area contributed by atoms with Crippen LogP contribution < -0.4 is 4.74 Å². The van der Waals surface area contributed by atoms with Crippen LogP contribution in [0.3, 0.4) is 0 Å². The molecule has 0 radical (unpaired) electrons. The zero-order valence-corrected chi connectivity index (χ0v) is 17.4. The smallest absolute Gasteiger partial charge is 0.201 e. The Morgan fingerprint density at radius 3 is 2.40 bits per heavy atom. The average molecular weight is 418 g/mol. The number of hydrogen-bond donors (Lipinski definition) is 0. The molecule has 5 heteroatoms. The van der Waals surface area contributed by atoms with Crippen molar-refractivity contribution in [3.8, 4) is 11.5 Å². The Kier molecular flexibility index (Phi) is 5.90. The lowest BCUT2D eigenvalue weighted by Gasteiger charge is -2.26. The maximum atomic E-state index is 15.3. The molecule has 1 nitrogen and oxygen atoms in total. The summed E-state index contributed by atoms with van der Waals surface area (Å²) >= 11 is 0. The summed E-state index contributed by atoms with van der Waals surface area (Å²) in [6.45, 7) is 3.96. The highest BCUT2D eigenvalue weighted by atomic mass is 19.2. The first-order chi connectivity index (χ1) is 14.4. The third-order valence-corrected chi connectivity index (χ3v) is 6.22. The fourth-order valence-electron chi connectivity index (χ4n) is 4.70. The van der Waals surface area contributed by atoms with Crippen LogP contribution in [0.2, 0.25) is 0 Å². The van der Waals surface area contributed by atoms with Crippen molar-refractivity contribution in [3.05, 3.63) is 63.7 Å². The molecule has 0 saturated carbocycles. The molecule has 0 aromatic heterocycles. The third kappa shape index (κ3) is 3.63. The van der Waals surface area contributed by atoms with Gasteiger partial charge in [0, 0.05) is 29.5 Å². The molecule has 30 heavy (non-hydrogen) atoms. The Bertz CT molecular complexity index is 1010. The number of ether oxygens (including phenoxy) is 1. The van der Waals surface area contributed by atoms with Crippen molar-refractivity contribution in [2.75, 3.05) is 0 Å². The topological polar surface area (TPSA) is 9.23 Å². The van der Waals surface area contributed by atoms with Gasteiger partial charge in [-0.3, -0.25) is 0 Å². The van der Waals surface area contributed by atoms with Crippen LogP contribution in [0.5, 0.6) is 11.5 Å². The number of aryl methyl sites for hydroxylation is 1. The first-order valence-electron chi connectivity index (χ1n) is 10.8. The van der Waals surface area contributed by atoms with Crippen molar-refractivity contribution in [1.82, 2.24) is 0 Å². The molecule has 2 aromatic rings.